The van der Waals surface area contributed by atoms with E-state index in [0.717, 1.165) is 0 Å². The summed E-state index contributed by atoms with van der Waals surface area (Å²) in [6.07, 6.45) is 2.86. The van der Waals surface area contributed by atoms with Gasteiger partial charge < -0.3 is 21.3 Å². The van der Waals surface area contributed by atoms with Crippen LogP contribution in [0.3, 0.4) is 0 Å². The number of hydrogen-bond donors (Lipinski definition) is 3. The number of likely N-dealkylation sites (N-methyl/N-ethyl adjacent to an activating group) is 1. The van der Waals surface area contributed by atoms with Gasteiger partial charge in [-0.3, -0.25) is 9.59 Å². The lowest BCUT2D eigenvalue weighted by molar-refractivity contribution is -0.119. The second-order valence-corrected chi connectivity index (χ2v) is 9.06. The Morgan fingerprint density at radius 3 is 2.51 bits per heavy atom. The summed E-state index contributed by atoms with van der Waals surface area (Å²) in [5, 5.41) is 6.19. The molecule has 0 radical (unpaired) electrons. The van der Waals surface area contributed by atoms with Crippen LogP contribution in [0.2, 0.25) is 5.02 Å². The number of nitrogens with one attached hydrogen (secondary N) is 2. The van der Waals surface area contributed by atoms with Gasteiger partial charge in [0, 0.05) is 35.8 Å². The zero-order valence-electron chi connectivity index (χ0n) is 19.2. The van der Waals surface area contributed by atoms with Crippen molar-refractivity contribution in [2.75, 3.05) is 36.5 Å². The Hall–Kier alpha value is -3.68. The van der Waals surface area contributed by atoms with Crippen molar-refractivity contribution < 1.29 is 14.0 Å². The fraction of sp³-hybridized carbons (Fsp3) is 0.185. The standard InChI is InChI=1S/C27H26ClFN4O2/c1-33-15-21(22(16-33)27(35)31-19-10-8-18(28)9-11-19)20-12-6-17(14-23(20)29)7-13-26(34)32-25-5-3-2-4-24(25)30/h2-14,21-22H,15-16,30H2,1H3,(H,31,35)(H,32,34)/t21-,22+/m0/s1. The fourth-order valence-electron chi connectivity index (χ4n) is 4.25. The summed E-state index contributed by atoms with van der Waals surface area (Å²) in [6.45, 7) is 1.08. The second kappa shape index (κ2) is 10.7. The van der Waals surface area contributed by atoms with E-state index >= 15 is 4.39 Å². The van der Waals surface area contributed by atoms with E-state index in [1.54, 1.807) is 60.7 Å². The van der Waals surface area contributed by atoms with Crippen LogP contribution in [-0.2, 0) is 9.59 Å². The normalized spacial score (nSPS) is 18.0. The van der Waals surface area contributed by atoms with Crippen LogP contribution in [0.4, 0.5) is 21.5 Å². The number of nitrogen functional groups attached to an aromatic ring is 1. The van der Waals surface area contributed by atoms with Gasteiger partial charge in [0.05, 0.1) is 17.3 Å². The Kier molecular flexibility index (Phi) is 7.48. The topological polar surface area (TPSA) is 87.5 Å². The number of amides is 2. The van der Waals surface area contributed by atoms with Crippen LogP contribution in [0.25, 0.3) is 6.08 Å². The van der Waals surface area contributed by atoms with Crippen molar-refractivity contribution in [3.8, 4) is 0 Å². The monoisotopic (exact) mass is 492 g/mol. The summed E-state index contributed by atoms with van der Waals surface area (Å²) in [7, 11) is 1.91. The first kappa shape index (κ1) is 24.4. The molecule has 3 aromatic rings. The molecule has 1 saturated heterocycles. The Bertz CT molecular complexity index is 1260. The Morgan fingerprint density at radius 2 is 1.80 bits per heavy atom. The van der Waals surface area contributed by atoms with Gasteiger partial charge >= 0.3 is 0 Å². The molecule has 0 spiro atoms. The van der Waals surface area contributed by atoms with Gasteiger partial charge in [0.2, 0.25) is 11.8 Å². The molecule has 0 aromatic heterocycles. The van der Waals surface area contributed by atoms with Crippen molar-refractivity contribution in [3.05, 3.63) is 94.8 Å². The molecule has 4 rings (SSSR count). The van der Waals surface area contributed by atoms with Crippen LogP contribution in [0, 0.1) is 11.7 Å². The van der Waals surface area contributed by atoms with Crippen LogP contribution in [0.5, 0.6) is 0 Å². The maximum absolute atomic E-state index is 15.1. The van der Waals surface area contributed by atoms with Crippen molar-refractivity contribution in [2.24, 2.45) is 5.92 Å². The summed E-state index contributed by atoms with van der Waals surface area (Å²) in [5.41, 5.74) is 8.47. The molecule has 180 valence electrons. The smallest absolute Gasteiger partial charge is 0.248 e. The van der Waals surface area contributed by atoms with Gasteiger partial charge in [0.1, 0.15) is 5.82 Å². The average molecular weight is 493 g/mol. The van der Waals surface area contributed by atoms with Gasteiger partial charge in [-0.15, -0.1) is 0 Å². The van der Waals surface area contributed by atoms with Gasteiger partial charge in [-0.05, 0) is 66.7 Å². The lowest BCUT2D eigenvalue weighted by Gasteiger charge is -2.19. The molecule has 1 heterocycles. The van der Waals surface area contributed by atoms with Crippen LogP contribution in [0.1, 0.15) is 17.0 Å². The van der Waals surface area contributed by atoms with E-state index in [-0.39, 0.29) is 17.7 Å². The molecule has 2 atom stereocenters. The summed E-state index contributed by atoms with van der Waals surface area (Å²) in [4.78, 5) is 27.2. The number of carbonyl (C=O) groups excluding carboxylic acids is 2. The van der Waals surface area contributed by atoms with Gasteiger partial charge in [-0.2, -0.15) is 0 Å². The highest BCUT2D eigenvalue weighted by molar-refractivity contribution is 6.30. The molecule has 0 unspecified atom stereocenters. The minimum Gasteiger partial charge on any atom is -0.397 e. The highest BCUT2D eigenvalue weighted by Crippen LogP contribution is 2.35. The maximum atomic E-state index is 15.1. The highest BCUT2D eigenvalue weighted by Gasteiger charge is 2.38. The van der Waals surface area contributed by atoms with Crippen LogP contribution in [0.15, 0.2) is 72.8 Å². The summed E-state index contributed by atoms with van der Waals surface area (Å²) in [5.74, 6) is -1.65. The third kappa shape index (κ3) is 6.07. The Labute approximate surface area is 208 Å². The number of para-hydroxylation sites is 2. The van der Waals surface area contributed by atoms with E-state index in [2.05, 4.69) is 10.6 Å². The molecule has 4 N–H and O–H groups in total. The number of halogens is 2. The van der Waals surface area contributed by atoms with E-state index < -0.39 is 11.7 Å². The first-order valence-corrected chi connectivity index (χ1v) is 11.6. The van der Waals surface area contributed by atoms with E-state index in [9.17, 15) is 9.59 Å². The van der Waals surface area contributed by atoms with Gasteiger partial charge in [-0.1, -0.05) is 35.9 Å². The molecular formula is C27H26ClFN4O2. The molecule has 0 aliphatic carbocycles. The van der Waals surface area contributed by atoms with Gasteiger partial charge in [0.15, 0.2) is 0 Å². The number of anilines is 3. The third-order valence-corrected chi connectivity index (χ3v) is 6.27. The van der Waals surface area contributed by atoms with Crippen molar-refractivity contribution >= 4 is 46.6 Å². The first-order chi connectivity index (χ1) is 16.8. The van der Waals surface area contributed by atoms with Gasteiger partial charge in [0.25, 0.3) is 0 Å². The summed E-state index contributed by atoms with van der Waals surface area (Å²) in [6, 6.07) is 18.6. The molecule has 0 saturated carbocycles. The van der Waals surface area contributed by atoms with Crippen LogP contribution >= 0.6 is 11.6 Å². The van der Waals surface area contributed by atoms with Crippen molar-refractivity contribution in [1.29, 1.82) is 0 Å². The number of nitrogens with two attached hydrogens (primary N) is 1. The number of nitrogens with zero attached hydrogens (tertiary/aromatic N) is 1. The molecular weight excluding hydrogens is 467 g/mol. The zero-order chi connectivity index (χ0) is 24.9. The van der Waals surface area contributed by atoms with E-state index in [0.29, 0.717) is 46.3 Å². The molecule has 1 aliphatic rings. The van der Waals surface area contributed by atoms with E-state index in [4.69, 9.17) is 17.3 Å². The average Bonchev–Trinajstić information content (AvgIpc) is 3.22. The molecule has 0 bridgehead atoms. The predicted octanol–water partition coefficient (Wildman–Crippen LogP) is 5.00. The van der Waals surface area contributed by atoms with Crippen molar-refractivity contribution in [1.82, 2.24) is 4.90 Å². The molecule has 35 heavy (non-hydrogen) atoms. The molecule has 1 fully saturated rings. The fourth-order valence-corrected chi connectivity index (χ4v) is 4.38. The summed E-state index contributed by atoms with van der Waals surface area (Å²) < 4.78 is 15.1. The van der Waals surface area contributed by atoms with Crippen LogP contribution in [-0.4, -0.2) is 36.9 Å². The Morgan fingerprint density at radius 1 is 1.06 bits per heavy atom. The quantitative estimate of drug-likeness (QED) is 0.334. The minimum absolute atomic E-state index is 0.165. The van der Waals surface area contributed by atoms with Crippen LogP contribution < -0.4 is 16.4 Å². The SMILES string of the molecule is CN1C[C@@H](C(=O)Nc2ccc(Cl)cc2)[C@H](c2ccc(C=CC(=O)Nc3ccccc3N)cc2F)C1. The van der Waals surface area contributed by atoms with Crippen molar-refractivity contribution in [3.63, 3.8) is 0 Å². The molecule has 3 aromatic carbocycles. The summed E-state index contributed by atoms with van der Waals surface area (Å²) >= 11 is 5.92. The predicted molar refractivity (Wildman–Crippen MR) is 139 cm³/mol. The third-order valence-electron chi connectivity index (χ3n) is 6.02. The lowest BCUT2D eigenvalue weighted by Crippen LogP contribution is -2.28. The number of benzene rings is 3. The number of hydrogen-bond acceptors (Lipinski definition) is 4. The lowest BCUT2D eigenvalue weighted by atomic mass is 9.87. The van der Waals surface area contributed by atoms with E-state index in [1.807, 2.05) is 11.9 Å². The Balaban J connectivity index is 1.45. The molecule has 6 nitrogen and oxygen atoms in total. The van der Waals surface area contributed by atoms with E-state index in [1.165, 1.54) is 18.2 Å². The molecule has 1 aliphatic heterocycles. The van der Waals surface area contributed by atoms with Gasteiger partial charge in [-0.25, -0.2) is 4.39 Å². The van der Waals surface area contributed by atoms with Crippen molar-refractivity contribution in [2.45, 2.75) is 5.92 Å². The molecule has 2 amide bonds. The number of likely N-dealkylation sites (tertiary alicyclic amines) is 1. The molecule has 8 heteroatoms. The number of carbonyl (C=O) groups is 2. The largest absolute Gasteiger partial charge is 0.397 e. The minimum atomic E-state index is -0.413. The highest BCUT2D eigenvalue weighted by atomic mass is 35.5. The number of rotatable bonds is 6. The maximum Gasteiger partial charge on any atom is 0.248 e. The first-order valence-electron chi connectivity index (χ1n) is 11.2. The second-order valence-electron chi connectivity index (χ2n) is 8.62. The zero-order valence-corrected chi connectivity index (χ0v) is 19.9.